The number of nitrogens with one attached hydrogen (secondary N) is 1. The number of aromatic nitrogens is 2. The predicted molar refractivity (Wildman–Crippen MR) is 61.3 cm³/mol. The van der Waals surface area contributed by atoms with E-state index in [2.05, 4.69) is 9.97 Å². The summed E-state index contributed by atoms with van der Waals surface area (Å²) in [5, 5.41) is 8.93. The van der Waals surface area contributed by atoms with E-state index < -0.39 is 11.9 Å². The molecule has 1 aromatic carbocycles. The predicted octanol–water partition coefficient (Wildman–Crippen LogP) is 2.53. The number of fused-ring (bicyclic) bond motifs is 1. The SMILES string of the molecule is CC(C(=O)O)C(C)c1nc2ccc(F)cc2[nH]1. The summed E-state index contributed by atoms with van der Waals surface area (Å²) in [4.78, 5) is 18.1. The van der Waals surface area contributed by atoms with Crippen LogP contribution in [0.2, 0.25) is 0 Å². The van der Waals surface area contributed by atoms with E-state index in [4.69, 9.17) is 5.11 Å². The van der Waals surface area contributed by atoms with Gasteiger partial charge in [-0.25, -0.2) is 9.37 Å². The first-order valence-electron chi connectivity index (χ1n) is 5.37. The maximum atomic E-state index is 13.0. The van der Waals surface area contributed by atoms with E-state index in [1.165, 1.54) is 12.1 Å². The van der Waals surface area contributed by atoms with Crippen LogP contribution in [0.3, 0.4) is 0 Å². The van der Waals surface area contributed by atoms with Crippen LogP contribution in [0.4, 0.5) is 4.39 Å². The molecule has 0 bridgehead atoms. The third kappa shape index (κ3) is 2.13. The average molecular weight is 236 g/mol. The molecule has 1 heterocycles. The van der Waals surface area contributed by atoms with Gasteiger partial charge in [0.2, 0.25) is 0 Å². The molecule has 0 spiro atoms. The van der Waals surface area contributed by atoms with E-state index in [0.717, 1.165) is 0 Å². The van der Waals surface area contributed by atoms with Gasteiger partial charge in [0.15, 0.2) is 0 Å². The van der Waals surface area contributed by atoms with E-state index in [0.29, 0.717) is 16.9 Å². The molecule has 0 saturated heterocycles. The molecule has 2 rings (SSSR count). The number of benzene rings is 1. The Hall–Kier alpha value is -1.91. The summed E-state index contributed by atoms with van der Waals surface area (Å²) < 4.78 is 13.0. The standard InChI is InChI=1S/C12H13FN2O2/c1-6(7(2)12(16)17)11-14-9-4-3-8(13)5-10(9)15-11/h3-7H,1-2H3,(H,14,15)(H,16,17). The number of aliphatic carboxylic acids is 1. The lowest BCUT2D eigenvalue weighted by Gasteiger charge is -2.12. The van der Waals surface area contributed by atoms with Crippen LogP contribution < -0.4 is 0 Å². The minimum absolute atomic E-state index is 0.247. The minimum atomic E-state index is -0.871. The molecular formula is C12H13FN2O2. The smallest absolute Gasteiger partial charge is 0.306 e. The topological polar surface area (TPSA) is 66.0 Å². The van der Waals surface area contributed by atoms with Crippen molar-refractivity contribution in [2.45, 2.75) is 19.8 Å². The molecule has 2 N–H and O–H groups in total. The molecule has 90 valence electrons. The van der Waals surface area contributed by atoms with Crippen LogP contribution in [-0.2, 0) is 4.79 Å². The zero-order valence-electron chi connectivity index (χ0n) is 9.57. The number of carboxylic acids is 1. The van der Waals surface area contributed by atoms with Crippen molar-refractivity contribution in [1.82, 2.24) is 9.97 Å². The van der Waals surface area contributed by atoms with Gasteiger partial charge in [-0.3, -0.25) is 4.79 Å². The molecule has 1 aromatic heterocycles. The molecule has 2 aromatic rings. The van der Waals surface area contributed by atoms with Gasteiger partial charge in [-0.1, -0.05) is 13.8 Å². The zero-order chi connectivity index (χ0) is 12.6. The molecule has 0 radical (unpaired) electrons. The van der Waals surface area contributed by atoms with E-state index in [9.17, 15) is 9.18 Å². The summed E-state index contributed by atoms with van der Waals surface area (Å²) in [6.07, 6.45) is 0. The Labute approximate surface area is 97.5 Å². The number of aromatic amines is 1. The van der Waals surface area contributed by atoms with Crippen LogP contribution in [0, 0.1) is 11.7 Å². The van der Waals surface area contributed by atoms with E-state index in [-0.39, 0.29) is 11.7 Å². The van der Waals surface area contributed by atoms with Gasteiger partial charge in [0, 0.05) is 5.92 Å². The van der Waals surface area contributed by atoms with E-state index >= 15 is 0 Å². The van der Waals surface area contributed by atoms with Gasteiger partial charge in [0.1, 0.15) is 11.6 Å². The zero-order valence-corrected chi connectivity index (χ0v) is 9.57. The molecule has 0 aliphatic rings. The number of nitrogens with zero attached hydrogens (tertiary/aromatic N) is 1. The Balaban J connectivity index is 2.39. The van der Waals surface area contributed by atoms with Crippen molar-refractivity contribution < 1.29 is 14.3 Å². The van der Waals surface area contributed by atoms with Crippen molar-refractivity contribution in [2.24, 2.45) is 5.92 Å². The first-order chi connectivity index (χ1) is 7.99. The highest BCUT2D eigenvalue weighted by molar-refractivity contribution is 5.75. The van der Waals surface area contributed by atoms with E-state index in [1.54, 1.807) is 19.9 Å². The maximum Gasteiger partial charge on any atom is 0.306 e. The molecule has 5 heteroatoms. The van der Waals surface area contributed by atoms with Crippen LogP contribution in [0.5, 0.6) is 0 Å². The summed E-state index contributed by atoms with van der Waals surface area (Å²) >= 11 is 0. The van der Waals surface area contributed by atoms with Gasteiger partial charge in [0.25, 0.3) is 0 Å². The highest BCUT2D eigenvalue weighted by atomic mass is 19.1. The van der Waals surface area contributed by atoms with Crippen molar-refractivity contribution in [3.63, 3.8) is 0 Å². The van der Waals surface area contributed by atoms with Crippen molar-refractivity contribution in [1.29, 1.82) is 0 Å². The van der Waals surface area contributed by atoms with Crippen molar-refractivity contribution in [3.8, 4) is 0 Å². The Bertz CT molecular complexity index is 565. The van der Waals surface area contributed by atoms with Crippen LogP contribution >= 0.6 is 0 Å². The van der Waals surface area contributed by atoms with Gasteiger partial charge in [0.05, 0.1) is 17.0 Å². The van der Waals surface area contributed by atoms with Gasteiger partial charge in [-0.15, -0.1) is 0 Å². The fourth-order valence-electron chi connectivity index (χ4n) is 1.67. The van der Waals surface area contributed by atoms with Gasteiger partial charge in [-0.05, 0) is 18.2 Å². The summed E-state index contributed by atoms with van der Waals surface area (Å²) in [6, 6.07) is 4.26. The minimum Gasteiger partial charge on any atom is -0.481 e. The molecule has 4 nitrogen and oxygen atoms in total. The quantitative estimate of drug-likeness (QED) is 0.860. The van der Waals surface area contributed by atoms with Gasteiger partial charge < -0.3 is 10.1 Å². The Kier molecular flexibility index (Phi) is 2.83. The normalized spacial score (nSPS) is 14.8. The fraction of sp³-hybridized carbons (Fsp3) is 0.333. The Morgan fingerprint density at radius 2 is 2.18 bits per heavy atom. The molecule has 0 aliphatic heterocycles. The second kappa shape index (κ2) is 4.16. The highest BCUT2D eigenvalue weighted by Crippen LogP contribution is 2.24. The molecule has 2 atom stereocenters. The third-order valence-corrected chi connectivity index (χ3v) is 3.03. The Morgan fingerprint density at radius 1 is 1.47 bits per heavy atom. The largest absolute Gasteiger partial charge is 0.481 e. The summed E-state index contributed by atoms with van der Waals surface area (Å²) in [5.41, 5.74) is 1.23. The van der Waals surface area contributed by atoms with Crippen LogP contribution in [0.25, 0.3) is 11.0 Å². The molecule has 0 aliphatic carbocycles. The summed E-state index contributed by atoms with van der Waals surface area (Å²) in [7, 11) is 0. The number of carbonyl (C=O) groups is 1. The lowest BCUT2D eigenvalue weighted by Crippen LogP contribution is -2.17. The summed E-state index contributed by atoms with van der Waals surface area (Å²) in [6.45, 7) is 3.41. The number of imidazole rings is 1. The number of H-pyrrole nitrogens is 1. The second-order valence-electron chi connectivity index (χ2n) is 4.20. The van der Waals surface area contributed by atoms with Crippen LogP contribution in [0.15, 0.2) is 18.2 Å². The van der Waals surface area contributed by atoms with Crippen LogP contribution in [0.1, 0.15) is 25.6 Å². The number of hydrogen-bond acceptors (Lipinski definition) is 2. The molecule has 17 heavy (non-hydrogen) atoms. The van der Waals surface area contributed by atoms with Crippen molar-refractivity contribution in [2.75, 3.05) is 0 Å². The second-order valence-corrected chi connectivity index (χ2v) is 4.20. The number of rotatable bonds is 3. The van der Waals surface area contributed by atoms with E-state index in [1.807, 2.05) is 0 Å². The molecular weight excluding hydrogens is 223 g/mol. The number of hydrogen-bond donors (Lipinski definition) is 2. The lowest BCUT2D eigenvalue weighted by atomic mass is 9.96. The average Bonchev–Trinajstić information content (AvgIpc) is 2.69. The number of carboxylic acid groups (broad SMARTS) is 1. The molecule has 0 amide bonds. The van der Waals surface area contributed by atoms with Gasteiger partial charge >= 0.3 is 5.97 Å². The van der Waals surface area contributed by atoms with Crippen molar-refractivity contribution in [3.05, 3.63) is 29.8 Å². The molecule has 0 fully saturated rings. The monoisotopic (exact) mass is 236 g/mol. The fourth-order valence-corrected chi connectivity index (χ4v) is 1.67. The van der Waals surface area contributed by atoms with Crippen molar-refractivity contribution >= 4 is 17.0 Å². The maximum absolute atomic E-state index is 13.0. The first kappa shape index (κ1) is 11.6. The molecule has 2 unspecified atom stereocenters. The summed E-state index contributed by atoms with van der Waals surface area (Å²) in [5.74, 6) is -1.43. The molecule has 0 saturated carbocycles. The third-order valence-electron chi connectivity index (χ3n) is 3.03. The Morgan fingerprint density at radius 3 is 2.82 bits per heavy atom. The lowest BCUT2D eigenvalue weighted by molar-refractivity contribution is -0.141. The number of halogens is 1. The first-order valence-corrected chi connectivity index (χ1v) is 5.37. The highest BCUT2D eigenvalue weighted by Gasteiger charge is 2.23. The van der Waals surface area contributed by atoms with Crippen LogP contribution in [-0.4, -0.2) is 21.0 Å². The van der Waals surface area contributed by atoms with Gasteiger partial charge in [-0.2, -0.15) is 0 Å².